The molecule has 156 valence electrons. The number of halogens is 4. The van der Waals surface area contributed by atoms with Crippen LogP contribution in [0.15, 0.2) is 30.3 Å². The molecule has 1 N–H and O–H groups in total. The molecule has 2 aromatic carbocycles. The van der Waals surface area contributed by atoms with Gasteiger partial charge in [-0.25, -0.2) is 13.2 Å². The molecule has 0 bridgehead atoms. The number of carbonyl (C=O) groups excluding carboxylic acids is 1. The van der Waals surface area contributed by atoms with E-state index in [1.165, 1.54) is 11.9 Å². The van der Waals surface area contributed by atoms with Gasteiger partial charge in [0.15, 0.2) is 17.5 Å². The Labute approximate surface area is 177 Å². The minimum atomic E-state index is -1.46. The fourth-order valence-electron chi connectivity index (χ4n) is 3.14. The lowest BCUT2D eigenvalue weighted by atomic mass is 10.1. The normalized spacial score (nSPS) is 14.9. The lowest BCUT2D eigenvalue weighted by Gasteiger charge is -2.35. The van der Waals surface area contributed by atoms with Gasteiger partial charge in [0.25, 0.3) is 5.91 Å². The largest absolute Gasteiger partial charge is 0.336 e. The maximum absolute atomic E-state index is 13.4. The summed E-state index contributed by atoms with van der Waals surface area (Å²) in [6.07, 6.45) is 0. The van der Waals surface area contributed by atoms with E-state index in [-0.39, 0.29) is 12.5 Å². The molecular weight excluding hydrogens is 423 g/mol. The van der Waals surface area contributed by atoms with Gasteiger partial charge in [0.1, 0.15) is 0 Å². The molecule has 29 heavy (non-hydrogen) atoms. The molecule has 0 atom stereocenters. The van der Waals surface area contributed by atoms with Crippen molar-refractivity contribution in [1.29, 1.82) is 0 Å². The van der Waals surface area contributed by atoms with Crippen LogP contribution < -0.4 is 4.72 Å². The SMILES string of the molecule is CCSNc1ccc(C(=O)N2CCN(Cc3cc(F)c(F)c(F)c3)CC2)c(Cl)c1. The third kappa shape index (κ3) is 5.38. The molecule has 1 amide bonds. The summed E-state index contributed by atoms with van der Waals surface area (Å²) in [5, 5.41) is 0.386. The summed E-state index contributed by atoms with van der Waals surface area (Å²) in [4.78, 5) is 16.5. The highest BCUT2D eigenvalue weighted by molar-refractivity contribution is 8.00. The van der Waals surface area contributed by atoms with E-state index in [2.05, 4.69) is 4.72 Å². The molecule has 0 aliphatic carbocycles. The van der Waals surface area contributed by atoms with E-state index in [4.69, 9.17) is 11.6 Å². The number of anilines is 1. The summed E-state index contributed by atoms with van der Waals surface area (Å²) in [5.41, 5.74) is 1.63. The van der Waals surface area contributed by atoms with Crippen LogP contribution in [0.4, 0.5) is 18.9 Å². The van der Waals surface area contributed by atoms with Crippen molar-refractivity contribution < 1.29 is 18.0 Å². The molecule has 0 saturated carbocycles. The zero-order chi connectivity index (χ0) is 21.0. The quantitative estimate of drug-likeness (QED) is 0.514. The highest BCUT2D eigenvalue weighted by atomic mass is 35.5. The molecule has 1 saturated heterocycles. The Bertz CT molecular complexity index is 868. The molecule has 9 heteroatoms. The number of hydrogen-bond acceptors (Lipinski definition) is 4. The van der Waals surface area contributed by atoms with Crippen LogP contribution >= 0.6 is 23.5 Å². The van der Waals surface area contributed by atoms with Gasteiger partial charge >= 0.3 is 0 Å². The van der Waals surface area contributed by atoms with Gasteiger partial charge < -0.3 is 9.62 Å². The summed E-state index contributed by atoms with van der Waals surface area (Å²) in [6, 6.07) is 7.25. The molecule has 1 heterocycles. The summed E-state index contributed by atoms with van der Waals surface area (Å²) in [5.74, 6) is -3.10. The van der Waals surface area contributed by atoms with Gasteiger partial charge in [-0.3, -0.25) is 9.69 Å². The number of piperazine rings is 1. The molecule has 0 radical (unpaired) electrons. The molecule has 4 nitrogen and oxygen atoms in total. The van der Waals surface area contributed by atoms with Crippen molar-refractivity contribution in [2.45, 2.75) is 13.5 Å². The Morgan fingerprint density at radius 3 is 2.34 bits per heavy atom. The molecule has 0 unspecified atom stereocenters. The number of amides is 1. The first kappa shape index (κ1) is 21.8. The number of nitrogens with zero attached hydrogens (tertiary/aromatic N) is 2. The molecule has 3 rings (SSSR count). The molecular formula is C20H21ClF3N3OS. The monoisotopic (exact) mass is 443 g/mol. The van der Waals surface area contributed by atoms with E-state index in [1.54, 1.807) is 17.0 Å². The first-order chi connectivity index (χ1) is 13.9. The fraction of sp³-hybridized carbons (Fsp3) is 0.350. The molecule has 1 fully saturated rings. The third-order valence-electron chi connectivity index (χ3n) is 4.64. The summed E-state index contributed by atoms with van der Waals surface area (Å²) in [7, 11) is 0. The predicted octanol–water partition coefficient (Wildman–Crippen LogP) is 4.80. The second-order valence-electron chi connectivity index (χ2n) is 6.67. The smallest absolute Gasteiger partial charge is 0.255 e. The van der Waals surface area contributed by atoms with Crippen LogP contribution in [0.3, 0.4) is 0 Å². The Hall–Kier alpha value is -1.90. The van der Waals surface area contributed by atoms with Gasteiger partial charge in [-0.15, -0.1) is 0 Å². The third-order valence-corrected chi connectivity index (χ3v) is 5.62. The standard InChI is InChI=1S/C20H21ClF3N3OS/c1-2-29-25-14-3-4-15(16(21)11-14)20(28)27-7-5-26(6-8-27)12-13-9-17(22)19(24)18(23)10-13/h3-4,9-11,25H,2,5-8,12H2,1H3. The van der Waals surface area contributed by atoms with Gasteiger partial charge in [0, 0.05) is 44.2 Å². The van der Waals surface area contributed by atoms with Crippen LogP contribution in [0, 0.1) is 17.5 Å². The van der Waals surface area contributed by atoms with Crippen LogP contribution in [0.2, 0.25) is 5.02 Å². The average molecular weight is 444 g/mol. The van der Waals surface area contributed by atoms with E-state index < -0.39 is 17.5 Å². The highest BCUT2D eigenvalue weighted by Gasteiger charge is 2.24. The molecule has 2 aromatic rings. The lowest BCUT2D eigenvalue weighted by molar-refractivity contribution is 0.0628. The fourth-order valence-corrected chi connectivity index (χ4v) is 3.84. The summed E-state index contributed by atoms with van der Waals surface area (Å²) in [6.45, 7) is 4.32. The molecule has 1 aliphatic heterocycles. The van der Waals surface area contributed by atoms with Crippen LogP contribution in [-0.2, 0) is 6.54 Å². The number of hydrogen-bond donors (Lipinski definition) is 1. The second kappa shape index (κ2) is 9.73. The van der Waals surface area contributed by atoms with E-state index in [1.807, 2.05) is 17.9 Å². The summed E-state index contributed by atoms with van der Waals surface area (Å²) < 4.78 is 43.0. The number of benzene rings is 2. The van der Waals surface area contributed by atoms with Crippen molar-refractivity contribution in [2.24, 2.45) is 0 Å². The lowest BCUT2D eigenvalue weighted by Crippen LogP contribution is -2.48. The topological polar surface area (TPSA) is 35.6 Å². The minimum absolute atomic E-state index is 0.150. The van der Waals surface area contributed by atoms with Crippen LogP contribution in [-0.4, -0.2) is 47.6 Å². The number of nitrogens with one attached hydrogen (secondary N) is 1. The van der Waals surface area contributed by atoms with Gasteiger partial charge in [-0.05, 0) is 35.9 Å². The van der Waals surface area contributed by atoms with Crippen molar-refractivity contribution >= 4 is 35.1 Å². The predicted molar refractivity (Wildman–Crippen MR) is 111 cm³/mol. The van der Waals surface area contributed by atoms with Crippen molar-refractivity contribution in [2.75, 3.05) is 36.7 Å². The van der Waals surface area contributed by atoms with Crippen molar-refractivity contribution in [1.82, 2.24) is 9.80 Å². The maximum Gasteiger partial charge on any atom is 0.255 e. The van der Waals surface area contributed by atoms with Crippen LogP contribution in [0.25, 0.3) is 0 Å². The first-order valence-electron chi connectivity index (χ1n) is 9.21. The average Bonchev–Trinajstić information content (AvgIpc) is 2.70. The van der Waals surface area contributed by atoms with Gasteiger partial charge in [0.2, 0.25) is 0 Å². The molecule has 0 spiro atoms. The highest BCUT2D eigenvalue weighted by Crippen LogP contribution is 2.25. The van der Waals surface area contributed by atoms with Crippen LogP contribution in [0.5, 0.6) is 0 Å². The maximum atomic E-state index is 13.4. The van der Waals surface area contributed by atoms with E-state index in [0.29, 0.717) is 42.3 Å². The zero-order valence-electron chi connectivity index (χ0n) is 15.9. The van der Waals surface area contributed by atoms with Crippen molar-refractivity contribution in [3.05, 3.63) is 63.9 Å². The zero-order valence-corrected chi connectivity index (χ0v) is 17.4. The van der Waals surface area contributed by atoms with E-state index >= 15 is 0 Å². The van der Waals surface area contributed by atoms with Gasteiger partial charge in [-0.2, -0.15) is 0 Å². The number of rotatable bonds is 6. The minimum Gasteiger partial charge on any atom is -0.336 e. The van der Waals surface area contributed by atoms with Crippen molar-refractivity contribution in [3.63, 3.8) is 0 Å². The Kier molecular flexibility index (Phi) is 7.32. The Morgan fingerprint density at radius 2 is 1.76 bits per heavy atom. The van der Waals surface area contributed by atoms with Crippen molar-refractivity contribution in [3.8, 4) is 0 Å². The number of carbonyl (C=O) groups is 1. The molecule has 0 aromatic heterocycles. The Balaban J connectivity index is 1.58. The Morgan fingerprint density at radius 1 is 1.10 bits per heavy atom. The van der Waals surface area contributed by atoms with E-state index in [9.17, 15) is 18.0 Å². The second-order valence-corrected chi connectivity index (χ2v) is 8.15. The summed E-state index contributed by atoms with van der Waals surface area (Å²) >= 11 is 7.83. The van der Waals surface area contributed by atoms with Gasteiger partial charge in [-0.1, -0.05) is 30.5 Å². The van der Waals surface area contributed by atoms with Gasteiger partial charge in [0.05, 0.1) is 10.6 Å². The first-order valence-corrected chi connectivity index (χ1v) is 10.6. The molecule has 1 aliphatic rings. The van der Waals surface area contributed by atoms with E-state index in [0.717, 1.165) is 23.6 Å². The van der Waals surface area contributed by atoms with Crippen LogP contribution in [0.1, 0.15) is 22.8 Å².